The molecule has 0 aromatic heterocycles. The van der Waals surface area contributed by atoms with Crippen molar-refractivity contribution in [1.29, 1.82) is 0 Å². The molecular formula is C14H21IO3Si. The van der Waals surface area contributed by atoms with Gasteiger partial charge in [-0.3, -0.25) is 0 Å². The minimum absolute atomic E-state index is 0.150. The van der Waals surface area contributed by atoms with Gasteiger partial charge in [-0.05, 0) is 58.9 Å². The molecule has 19 heavy (non-hydrogen) atoms. The SMILES string of the molecule is COC(=O)c1ccc(O[Si](C)(C)C(C)(C)C)c(I)c1. The number of methoxy groups -OCH3 is 1. The molecule has 0 radical (unpaired) electrons. The molecule has 0 atom stereocenters. The van der Waals surface area contributed by atoms with Gasteiger partial charge in [-0.2, -0.15) is 0 Å². The zero-order chi connectivity index (χ0) is 14.8. The Morgan fingerprint density at radius 3 is 2.26 bits per heavy atom. The second-order valence-corrected chi connectivity index (χ2v) is 11.9. The van der Waals surface area contributed by atoms with E-state index < -0.39 is 8.32 Å². The highest BCUT2D eigenvalue weighted by atomic mass is 127. The van der Waals surface area contributed by atoms with Gasteiger partial charge in [0.15, 0.2) is 0 Å². The Bertz CT molecular complexity index is 478. The molecule has 0 saturated carbocycles. The lowest BCUT2D eigenvalue weighted by molar-refractivity contribution is 0.0600. The molecule has 0 aliphatic rings. The summed E-state index contributed by atoms with van der Waals surface area (Å²) in [5.41, 5.74) is 0.550. The maximum Gasteiger partial charge on any atom is 0.337 e. The van der Waals surface area contributed by atoms with Crippen LogP contribution in [0.4, 0.5) is 0 Å². The zero-order valence-electron chi connectivity index (χ0n) is 12.3. The molecule has 0 amide bonds. The van der Waals surface area contributed by atoms with Crippen molar-refractivity contribution in [3.8, 4) is 5.75 Å². The molecule has 0 unspecified atom stereocenters. The predicted octanol–water partition coefficient (Wildman–Crippen LogP) is 4.46. The second-order valence-electron chi connectivity index (χ2n) is 6.00. The first-order valence-electron chi connectivity index (χ1n) is 6.15. The summed E-state index contributed by atoms with van der Waals surface area (Å²) in [7, 11) is -0.467. The van der Waals surface area contributed by atoms with Crippen molar-refractivity contribution in [2.24, 2.45) is 0 Å². The van der Waals surface area contributed by atoms with Gasteiger partial charge in [-0.25, -0.2) is 4.79 Å². The van der Waals surface area contributed by atoms with Gasteiger partial charge >= 0.3 is 5.97 Å². The normalized spacial score (nSPS) is 12.2. The number of hydrogen-bond donors (Lipinski definition) is 0. The van der Waals surface area contributed by atoms with Crippen molar-refractivity contribution in [2.45, 2.75) is 38.9 Å². The van der Waals surface area contributed by atoms with Crippen LogP contribution in [-0.2, 0) is 4.74 Å². The quantitative estimate of drug-likeness (QED) is 0.433. The van der Waals surface area contributed by atoms with E-state index in [1.165, 1.54) is 7.11 Å². The highest BCUT2D eigenvalue weighted by Gasteiger charge is 2.39. The molecular weight excluding hydrogens is 371 g/mol. The summed E-state index contributed by atoms with van der Waals surface area (Å²) in [6, 6.07) is 5.40. The minimum atomic E-state index is -1.85. The Hall–Kier alpha value is -0.563. The average molecular weight is 392 g/mol. The van der Waals surface area contributed by atoms with Crippen LogP contribution in [0.5, 0.6) is 5.75 Å². The Labute approximate surface area is 130 Å². The third-order valence-electron chi connectivity index (χ3n) is 3.52. The van der Waals surface area contributed by atoms with E-state index in [2.05, 4.69) is 56.5 Å². The van der Waals surface area contributed by atoms with Crippen LogP contribution in [0.1, 0.15) is 31.1 Å². The Balaban J connectivity index is 3.02. The lowest BCUT2D eigenvalue weighted by Gasteiger charge is -2.36. The second kappa shape index (κ2) is 5.83. The van der Waals surface area contributed by atoms with E-state index in [9.17, 15) is 4.79 Å². The molecule has 0 aliphatic carbocycles. The highest BCUT2D eigenvalue weighted by molar-refractivity contribution is 14.1. The van der Waals surface area contributed by atoms with Crippen molar-refractivity contribution in [2.75, 3.05) is 7.11 Å². The summed E-state index contributed by atoms with van der Waals surface area (Å²) in [4.78, 5) is 11.5. The number of esters is 1. The Morgan fingerprint density at radius 1 is 1.26 bits per heavy atom. The number of halogens is 1. The average Bonchev–Trinajstić information content (AvgIpc) is 2.29. The maximum atomic E-state index is 11.5. The molecule has 3 nitrogen and oxygen atoms in total. The fourth-order valence-electron chi connectivity index (χ4n) is 1.26. The minimum Gasteiger partial charge on any atom is -0.543 e. The van der Waals surface area contributed by atoms with Gasteiger partial charge in [0.1, 0.15) is 5.75 Å². The van der Waals surface area contributed by atoms with Crippen LogP contribution in [-0.4, -0.2) is 21.4 Å². The van der Waals surface area contributed by atoms with Crippen molar-refractivity contribution in [3.63, 3.8) is 0 Å². The number of carbonyl (C=O) groups is 1. The monoisotopic (exact) mass is 392 g/mol. The van der Waals surface area contributed by atoms with E-state index in [0.717, 1.165) is 9.32 Å². The van der Waals surface area contributed by atoms with Crippen LogP contribution in [0.2, 0.25) is 18.1 Å². The van der Waals surface area contributed by atoms with E-state index in [-0.39, 0.29) is 11.0 Å². The van der Waals surface area contributed by atoms with E-state index in [1.807, 2.05) is 6.07 Å². The van der Waals surface area contributed by atoms with E-state index >= 15 is 0 Å². The molecule has 1 rings (SSSR count). The van der Waals surface area contributed by atoms with Gasteiger partial charge < -0.3 is 9.16 Å². The largest absolute Gasteiger partial charge is 0.543 e. The smallest absolute Gasteiger partial charge is 0.337 e. The summed E-state index contributed by atoms with van der Waals surface area (Å²) in [6.45, 7) is 11.0. The fraction of sp³-hybridized carbons (Fsp3) is 0.500. The van der Waals surface area contributed by atoms with Crippen LogP contribution in [0.25, 0.3) is 0 Å². The predicted molar refractivity (Wildman–Crippen MR) is 88.3 cm³/mol. The molecule has 0 bridgehead atoms. The third-order valence-corrected chi connectivity index (χ3v) is 8.71. The molecule has 5 heteroatoms. The van der Waals surface area contributed by atoms with E-state index in [0.29, 0.717) is 5.56 Å². The van der Waals surface area contributed by atoms with Crippen LogP contribution in [0.3, 0.4) is 0 Å². The molecule has 1 aromatic rings. The van der Waals surface area contributed by atoms with Crippen LogP contribution in [0, 0.1) is 3.57 Å². The summed E-state index contributed by atoms with van der Waals surface area (Å²) in [5, 5.41) is 0.150. The molecule has 0 saturated heterocycles. The molecule has 0 aliphatic heterocycles. The van der Waals surface area contributed by atoms with Crippen LogP contribution < -0.4 is 4.43 Å². The lowest BCUT2D eigenvalue weighted by atomic mass is 10.2. The molecule has 0 N–H and O–H groups in total. The number of rotatable bonds is 3. The molecule has 106 valence electrons. The van der Waals surface area contributed by atoms with Crippen LogP contribution in [0.15, 0.2) is 18.2 Å². The first-order chi connectivity index (χ1) is 8.58. The molecule has 0 fully saturated rings. The van der Waals surface area contributed by atoms with Gasteiger partial charge in [-0.1, -0.05) is 20.8 Å². The number of benzene rings is 1. The summed E-state index contributed by atoms with van der Waals surface area (Å²) < 4.78 is 11.9. The summed E-state index contributed by atoms with van der Waals surface area (Å²) in [6.07, 6.45) is 0. The van der Waals surface area contributed by atoms with Gasteiger partial charge in [-0.15, -0.1) is 0 Å². The Kier molecular flexibility index (Phi) is 5.06. The maximum absolute atomic E-state index is 11.5. The van der Waals surface area contributed by atoms with Gasteiger partial charge in [0.05, 0.1) is 16.2 Å². The lowest BCUT2D eigenvalue weighted by Crippen LogP contribution is -2.44. The van der Waals surface area contributed by atoms with Gasteiger partial charge in [0, 0.05) is 0 Å². The van der Waals surface area contributed by atoms with E-state index in [1.54, 1.807) is 12.1 Å². The van der Waals surface area contributed by atoms with Gasteiger partial charge in [0.25, 0.3) is 8.32 Å². The molecule has 0 heterocycles. The zero-order valence-corrected chi connectivity index (χ0v) is 15.5. The summed E-state index contributed by atoms with van der Waals surface area (Å²) in [5.74, 6) is 0.525. The number of carbonyl (C=O) groups excluding carboxylic acids is 1. The Morgan fingerprint density at radius 2 is 1.84 bits per heavy atom. The van der Waals surface area contributed by atoms with E-state index in [4.69, 9.17) is 9.16 Å². The first kappa shape index (κ1) is 16.5. The standard InChI is InChI=1S/C14H21IO3Si/c1-14(2,3)19(5,6)18-12-8-7-10(9-11(12)15)13(16)17-4/h7-9H,1-6H3. The van der Waals surface area contributed by atoms with Crippen molar-refractivity contribution < 1.29 is 14.0 Å². The van der Waals surface area contributed by atoms with Crippen molar-refractivity contribution in [1.82, 2.24) is 0 Å². The fourth-order valence-corrected chi connectivity index (χ4v) is 3.12. The third kappa shape index (κ3) is 3.95. The molecule has 0 spiro atoms. The molecule has 1 aromatic carbocycles. The van der Waals surface area contributed by atoms with Gasteiger partial charge in [0.2, 0.25) is 0 Å². The number of ether oxygens (including phenoxy) is 1. The van der Waals surface area contributed by atoms with Crippen molar-refractivity contribution in [3.05, 3.63) is 27.3 Å². The highest BCUT2D eigenvalue weighted by Crippen LogP contribution is 2.38. The van der Waals surface area contributed by atoms with Crippen molar-refractivity contribution >= 4 is 36.9 Å². The topological polar surface area (TPSA) is 35.5 Å². The van der Waals surface area contributed by atoms with Crippen LogP contribution >= 0.6 is 22.6 Å². The number of hydrogen-bond acceptors (Lipinski definition) is 3. The first-order valence-corrected chi connectivity index (χ1v) is 10.1. The summed E-state index contributed by atoms with van der Waals surface area (Å²) >= 11 is 2.19.